The van der Waals surface area contributed by atoms with Crippen molar-refractivity contribution in [2.75, 3.05) is 6.54 Å². The molecule has 160 valence electrons. The second-order valence-electron chi connectivity index (χ2n) is 7.62. The molecule has 6 heteroatoms. The van der Waals surface area contributed by atoms with Crippen molar-refractivity contribution in [2.45, 2.75) is 31.5 Å². The minimum atomic E-state index is -0.816. The van der Waals surface area contributed by atoms with Gasteiger partial charge in [0.05, 0.1) is 16.1 Å². The maximum atomic E-state index is 11.9. The molecular weight excluding hydrogens is 433 g/mol. The number of carbonyl (C=O) groups is 1. The second-order valence-corrected chi connectivity index (χ2v) is 8.41. The van der Waals surface area contributed by atoms with Crippen molar-refractivity contribution in [3.05, 3.63) is 99.5 Å². The summed E-state index contributed by atoms with van der Waals surface area (Å²) in [7, 11) is 0. The van der Waals surface area contributed by atoms with Crippen molar-refractivity contribution in [2.24, 2.45) is 0 Å². The number of likely N-dealkylation sites (tertiary alicyclic amines) is 1. The average molecular weight is 456 g/mol. The minimum absolute atomic E-state index is 0.307. The quantitative estimate of drug-likeness (QED) is 0.459. The number of aliphatic carboxylic acids is 1. The van der Waals surface area contributed by atoms with E-state index < -0.39 is 12.0 Å². The summed E-state index contributed by atoms with van der Waals surface area (Å²) >= 11 is 12.9. The first-order chi connectivity index (χ1) is 15.0. The van der Waals surface area contributed by atoms with Crippen LogP contribution < -0.4 is 4.74 Å². The van der Waals surface area contributed by atoms with Gasteiger partial charge in [-0.05, 0) is 47.7 Å². The number of carboxylic acids is 1. The van der Waals surface area contributed by atoms with Gasteiger partial charge in [0.1, 0.15) is 18.4 Å². The largest absolute Gasteiger partial charge is 0.489 e. The number of nitrogens with zero attached hydrogens (tertiary/aromatic N) is 1. The molecule has 0 saturated carbocycles. The van der Waals surface area contributed by atoms with E-state index in [1.165, 1.54) is 0 Å². The van der Waals surface area contributed by atoms with E-state index in [2.05, 4.69) is 0 Å². The fourth-order valence-electron chi connectivity index (χ4n) is 4.13. The van der Waals surface area contributed by atoms with Gasteiger partial charge in [-0.1, -0.05) is 77.8 Å². The van der Waals surface area contributed by atoms with Gasteiger partial charge in [-0.2, -0.15) is 0 Å². The van der Waals surface area contributed by atoms with E-state index in [1.54, 1.807) is 6.07 Å². The average Bonchev–Trinajstić information content (AvgIpc) is 3.27. The summed E-state index contributed by atoms with van der Waals surface area (Å²) in [6, 6.07) is 22.4. The number of benzene rings is 3. The first kappa shape index (κ1) is 21.7. The predicted molar refractivity (Wildman–Crippen MR) is 123 cm³/mol. The van der Waals surface area contributed by atoms with Crippen LogP contribution in [0.2, 0.25) is 10.0 Å². The maximum absolute atomic E-state index is 11.9. The molecule has 2 atom stereocenters. The van der Waals surface area contributed by atoms with E-state index in [9.17, 15) is 9.90 Å². The number of halogens is 2. The van der Waals surface area contributed by atoms with Crippen LogP contribution in [0.3, 0.4) is 0 Å². The highest BCUT2D eigenvalue weighted by molar-refractivity contribution is 6.42. The standard InChI is InChI=1S/C25H23Cl2NO3/c26-21-9-4-8-20(23(21)27)24(28-15-5-10-22(28)25(29)30)18-11-13-19(14-12-18)31-16-17-6-2-1-3-7-17/h1-4,6-9,11-14,22,24H,5,10,15-16H2,(H,29,30). The van der Waals surface area contributed by atoms with Crippen LogP contribution in [0.4, 0.5) is 0 Å². The molecule has 1 aliphatic rings. The third-order valence-corrected chi connectivity index (χ3v) is 6.46. The van der Waals surface area contributed by atoms with Gasteiger partial charge in [0.15, 0.2) is 0 Å². The van der Waals surface area contributed by atoms with Crippen LogP contribution in [0.1, 0.15) is 35.6 Å². The van der Waals surface area contributed by atoms with Crippen molar-refractivity contribution in [1.82, 2.24) is 4.90 Å². The van der Waals surface area contributed by atoms with Crippen LogP contribution in [0, 0.1) is 0 Å². The Hall–Kier alpha value is -2.53. The molecule has 1 N–H and O–H groups in total. The van der Waals surface area contributed by atoms with Gasteiger partial charge < -0.3 is 9.84 Å². The lowest BCUT2D eigenvalue weighted by Crippen LogP contribution is -2.39. The Morgan fingerprint density at radius 3 is 2.48 bits per heavy atom. The zero-order valence-corrected chi connectivity index (χ0v) is 18.4. The van der Waals surface area contributed by atoms with Crippen molar-refractivity contribution in [1.29, 1.82) is 0 Å². The Kier molecular flexibility index (Phi) is 6.81. The Labute approximate surface area is 192 Å². The number of hydrogen-bond donors (Lipinski definition) is 1. The van der Waals surface area contributed by atoms with Crippen molar-refractivity contribution < 1.29 is 14.6 Å². The zero-order valence-electron chi connectivity index (χ0n) is 16.9. The fraction of sp³-hybridized carbons (Fsp3) is 0.240. The topological polar surface area (TPSA) is 49.8 Å². The molecule has 3 aromatic carbocycles. The van der Waals surface area contributed by atoms with E-state index in [0.29, 0.717) is 29.6 Å². The Morgan fingerprint density at radius 1 is 1.03 bits per heavy atom. The third-order valence-electron chi connectivity index (χ3n) is 5.63. The smallest absolute Gasteiger partial charge is 0.320 e. The van der Waals surface area contributed by atoms with Crippen LogP contribution in [0.15, 0.2) is 72.8 Å². The van der Waals surface area contributed by atoms with Crippen molar-refractivity contribution in [3.63, 3.8) is 0 Å². The molecule has 1 fully saturated rings. The number of carboxylic acid groups (broad SMARTS) is 1. The van der Waals surface area contributed by atoms with Crippen LogP contribution in [0.25, 0.3) is 0 Å². The highest BCUT2D eigenvalue weighted by Crippen LogP contribution is 2.40. The third kappa shape index (κ3) is 4.87. The molecule has 0 amide bonds. The summed E-state index contributed by atoms with van der Waals surface area (Å²) in [5.74, 6) is -0.0665. The molecule has 4 nitrogen and oxygen atoms in total. The lowest BCUT2D eigenvalue weighted by Gasteiger charge is -2.32. The molecule has 0 radical (unpaired) electrons. The van der Waals surface area contributed by atoms with E-state index in [-0.39, 0.29) is 6.04 Å². The molecule has 0 aliphatic carbocycles. The minimum Gasteiger partial charge on any atom is -0.489 e. The Morgan fingerprint density at radius 2 is 1.77 bits per heavy atom. The van der Waals surface area contributed by atoms with Gasteiger partial charge >= 0.3 is 5.97 Å². The van der Waals surface area contributed by atoms with Crippen LogP contribution in [-0.4, -0.2) is 28.6 Å². The molecule has 1 saturated heterocycles. The SMILES string of the molecule is O=C(O)C1CCCN1C(c1ccc(OCc2ccccc2)cc1)c1cccc(Cl)c1Cl. The van der Waals surface area contributed by atoms with E-state index in [4.69, 9.17) is 27.9 Å². The molecule has 0 aromatic heterocycles. The van der Waals surface area contributed by atoms with Gasteiger partial charge in [0.2, 0.25) is 0 Å². The monoisotopic (exact) mass is 455 g/mol. The molecule has 2 unspecified atom stereocenters. The van der Waals surface area contributed by atoms with E-state index >= 15 is 0 Å². The zero-order chi connectivity index (χ0) is 21.8. The number of hydrogen-bond acceptors (Lipinski definition) is 3. The van der Waals surface area contributed by atoms with Gasteiger partial charge in [-0.3, -0.25) is 9.69 Å². The van der Waals surface area contributed by atoms with Gasteiger partial charge in [0, 0.05) is 6.54 Å². The highest BCUT2D eigenvalue weighted by Gasteiger charge is 2.37. The lowest BCUT2D eigenvalue weighted by molar-refractivity contribution is -0.142. The van der Waals surface area contributed by atoms with E-state index in [0.717, 1.165) is 28.9 Å². The van der Waals surface area contributed by atoms with Crippen molar-refractivity contribution in [3.8, 4) is 5.75 Å². The predicted octanol–water partition coefficient (Wildman–Crippen LogP) is 6.21. The van der Waals surface area contributed by atoms with E-state index in [1.807, 2.05) is 71.6 Å². The molecule has 4 rings (SSSR count). The molecule has 3 aromatic rings. The molecule has 0 spiro atoms. The Balaban J connectivity index is 1.63. The lowest BCUT2D eigenvalue weighted by atomic mass is 9.96. The number of ether oxygens (including phenoxy) is 1. The summed E-state index contributed by atoms with van der Waals surface area (Å²) in [4.78, 5) is 13.9. The summed E-state index contributed by atoms with van der Waals surface area (Å²) in [5.41, 5.74) is 2.85. The summed E-state index contributed by atoms with van der Waals surface area (Å²) in [6.45, 7) is 1.16. The summed E-state index contributed by atoms with van der Waals surface area (Å²) < 4.78 is 5.91. The molecule has 31 heavy (non-hydrogen) atoms. The highest BCUT2D eigenvalue weighted by atomic mass is 35.5. The van der Waals surface area contributed by atoms with Gasteiger partial charge in [-0.15, -0.1) is 0 Å². The first-order valence-corrected chi connectivity index (χ1v) is 11.0. The van der Waals surface area contributed by atoms with Gasteiger partial charge in [-0.25, -0.2) is 0 Å². The molecule has 1 aliphatic heterocycles. The molecule has 0 bridgehead atoms. The number of rotatable bonds is 7. The summed E-state index contributed by atoms with van der Waals surface area (Å²) in [5, 5.41) is 10.7. The molecule has 1 heterocycles. The fourth-order valence-corrected chi connectivity index (χ4v) is 4.54. The normalized spacial score (nSPS) is 17.4. The maximum Gasteiger partial charge on any atom is 0.320 e. The van der Waals surface area contributed by atoms with Crippen LogP contribution in [-0.2, 0) is 11.4 Å². The van der Waals surface area contributed by atoms with Crippen LogP contribution in [0.5, 0.6) is 5.75 Å². The molecular formula is C25H23Cl2NO3. The van der Waals surface area contributed by atoms with Crippen molar-refractivity contribution >= 4 is 29.2 Å². The second kappa shape index (κ2) is 9.73. The first-order valence-electron chi connectivity index (χ1n) is 10.2. The van der Waals surface area contributed by atoms with Gasteiger partial charge in [0.25, 0.3) is 0 Å². The Bertz CT molecular complexity index is 1040. The van der Waals surface area contributed by atoms with Crippen LogP contribution >= 0.6 is 23.2 Å². The summed E-state index contributed by atoms with van der Waals surface area (Å²) in [6.07, 6.45) is 1.44.